The van der Waals surface area contributed by atoms with Gasteiger partial charge in [-0.3, -0.25) is 0 Å². The van der Waals surface area contributed by atoms with Crippen molar-refractivity contribution >= 4 is 0 Å². The van der Waals surface area contributed by atoms with Gasteiger partial charge in [-0.25, -0.2) is 0 Å². The van der Waals surface area contributed by atoms with Crippen molar-refractivity contribution in [3.05, 3.63) is 108 Å². The second-order valence-corrected chi connectivity index (χ2v) is 8.48. The zero-order valence-corrected chi connectivity index (χ0v) is 18.1. The molecule has 3 unspecified atom stereocenters. The first-order chi connectivity index (χ1) is 14.3. The van der Waals surface area contributed by atoms with Crippen molar-refractivity contribution in [2.45, 2.75) is 70.1 Å². The van der Waals surface area contributed by atoms with Gasteiger partial charge in [0.1, 0.15) is 0 Å². The number of hydrogen-bond acceptors (Lipinski definition) is 0. The highest BCUT2D eigenvalue weighted by molar-refractivity contribution is 5.24. The van der Waals surface area contributed by atoms with E-state index in [0.29, 0.717) is 17.8 Å². The molecule has 29 heavy (non-hydrogen) atoms. The van der Waals surface area contributed by atoms with Crippen molar-refractivity contribution < 1.29 is 0 Å². The van der Waals surface area contributed by atoms with Crippen LogP contribution in [-0.2, 0) is 0 Å². The molecule has 0 saturated carbocycles. The van der Waals surface area contributed by atoms with Crippen molar-refractivity contribution in [1.29, 1.82) is 0 Å². The van der Waals surface area contributed by atoms with E-state index >= 15 is 0 Å². The van der Waals surface area contributed by atoms with Crippen LogP contribution < -0.4 is 0 Å². The van der Waals surface area contributed by atoms with Gasteiger partial charge in [0.15, 0.2) is 0 Å². The van der Waals surface area contributed by atoms with E-state index in [9.17, 15) is 0 Å². The first-order valence-electron chi connectivity index (χ1n) is 11.4. The molecule has 3 rings (SSSR count). The fourth-order valence-corrected chi connectivity index (χ4v) is 4.60. The molecule has 3 aromatic carbocycles. The Morgan fingerprint density at radius 3 is 1.48 bits per heavy atom. The van der Waals surface area contributed by atoms with Crippen molar-refractivity contribution in [2.24, 2.45) is 0 Å². The Morgan fingerprint density at radius 2 is 1.00 bits per heavy atom. The topological polar surface area (TPSA) is 0 Å². The molecule has 0 amide bonds. The summed E-state index contributed by atoms with van der Waals surface area (Å²) in [7, 11) is 0. The van der Waals surface area contributed by atoms with Gasteiger partial charge < -0.3 is 0 Å². The minimum Gasteiger partial charge on any atom is -0.0654 e. The zero-order valence-electron chi connectivity index (χ0n) is 18.1. The summed E-state index contributed by atoms with van der Waals surface area (Å²) in [5.74, 6) is 1.92. The molecule has 152 valence electrons. The van der Waals surface area contributed by atoms with Gasteiger partial charge in [0.2, 0.25) is 0 Å². The molecule has 0 aliphatic heterocycles. The van der Waals surface area contributed by atoms with E-state index in [4.69, 9.17) is 0 Å². The van der Waals surface area contributed by atoms with Crippen LogP contribution in [0.25, 0.3) is 0 Å². The zero-order chi connectivity index (χ0) is 20.3. The molecule has 0 fully saturated rings. The Balaban J connectivity index is 1.68. The fraction of sp³-hybridized carbons (Fsp3) is 0.379. The molecule has 0 bridgehead atoms. The van der Waals surface area contributed by atoms with Gasteiger partial charge in [-0.05, 0) is 60.1 Å². The van der Waals surface area contributed by atoms with Crippen molar-refractivity contribution in [1.82, 2.24) is 0 Å². The quantitative estimate of drug-likeness (QED) is 0.310. The van der Waals surface area contributed by atoms with Crippen LogP contribution in [0.3, 0.4) is 0 Å². The molecular weight excluding hydrogens is 348 g/mol. The molecule has 0 radical (unpaired) electrons. The van der Waals surface area contributed by atoms with Gasteiger partial charge in [-0.1, -0.05) is 118 Å². The van der Waals surface area contributed by atoms with Gasteiger partial charge in [0, 0.05) is 0 Å². The molecular formula is C29H36. The highest BCUT2D eigenvalue weighted by Gasteiger charge is 2.19. The van der Waals surface area contributed by atoms with Crippen LogP contribution in [0, 0.1) is 0 Å². The lowest BCUT2D eigenvalue weighted by atomic mass is 9.80. The lowest BCUT2D eigenvalue weighted by Gasteiger charge is -2.25. The third-order valence-corrected chi connectivity index (χ3v) is 6.31. The van der Waals surface area contributed by atoms with Crippen LogP contribution in [0.2, 0.25) is 0 Å². The fourth-order valence-electron chi connectivity index (χ4n) is 4.60. The highest BCUT2D eigenvalue weighted by atomic mass is 14.2. The van der Waals surface area contributed by atoms with E-state index in [-0.39, 0.29) is 0 Å². The molecule has 0 aromatic heterocycles. The maximum atomic E-state index is 2.37. The molecule has 0 saturated heterocycles. The van der Waals surface area contributed by atoms with E-state index in [0.717, 1.165) is 0 Å². The van der Waals surface area contributed by atoms with E-state index in [1.54, 1.807) is 0 Å². The molecule has 3 atom stereocenters. The minimum absolute atomic E-state index is 0.633. The number of rotatable bonds is 11. The van der Waals surface area contributed by atoms with Crippen molar-refractivity contribution in [3.8, 4) is 0 Å². The molecule has 0 heterocycles. The van der Waals surface area contributed by atoms with Gasteiger partial charge in [-0.2, -0.15) is 0 Å². The van der Waals surface area contributed by atoms with E-state index in [1.165, 1.54) is 55.2 Å². The van der Waals surface area contributed by atoms with Crippen LogP contribution in [0.5, 0.6) is 0 Å². The second kappa shape index (κ2) is 11.6. The maximum absolute atomic E-state index is 2.37. The predicted octanol–water partition coefficient (Wildman–Crippen LogP) is 8.72. The molecule has 0 N–H and O–H groups in total. The van der Waals surface area contributed by atoms with Crippen LogP contribution in [0.1, 0.15) is 86.8 Å². The van der Waals surface area contributed by atoms with Crippen molar-refractivity contribution in [3.63, 3.8) is 0 Å². The van der Waals surface area contributed by atoms with Crippen LogP contribution >= 0.6 is 0 Å². The summed E-state index contributed by atoms with van der Waals surface area (Å²) in [4.78, 5) is 0. The molecule has 3 aromatic rings. The maximum Gasteiger partial charge on any atom is -0.0156 e. The second-order valence-electron chi connectivity index (χ2n) is 8.48. The average Bonchev–Trinajstić information content (AvgIpc) is 2.79. The summed E-state index contributed by atoms with van der Waals surface area (Å²) in [5.41, 5.74) is 4.49. The van der Waals surface area contributed by atoms with E-state index in [2.05, 4.69) is 105 Å². The largest absolute Gasteiger partial charge is 0.0654 e. The first-order valence-corrected chi connectivity index (χ1v) is 11.4. The molecule has 0 aliphatic rings. The van der Waals surface area contributed by atoms with Gasteiger partial charge in [-0.15, -0.1) is 0 Å². The Kier molecular flexibility index (Phi) is 8.56. The lowest BCUT2D eigenvalue weighted by Crippen LogP contribution is -2.08. The van der Waals surface area contributed by atoms with Gasteiger partial charge in [0.25, 0.3) is 0 Å². The Labute approximate surface area is 178 Å². The summed E-state index contributed by atoms with van der Waals surface area (Å²) in [6.07, 6.45) is 7.58. The first kappa shape index (κ1) is 21.4. The molecule has 0 nitrogen and oxygen atoms in total. The summed E-state index contributed by atoms with van der Waals surface area (Å²) in [6.45, 7) is 4.69. The van der Waals surface area contributed by atoms with E-state index in [1.807, 2.05) is 0 Å². The normalized spacial score (nSPS) is 14.3. The number of hydrogen-bond donors (Lipinski definition) is 0. The summed E-state index contributed by atoms with van der Waals surface area (Å²) < 4.78 is 0. The SMILES string of the molecule is CCCC(CC(CCCC(C)c1ccccc1)c1ccccc1)c1ccccc1. The highest BCUT2D eigenvalue weighted by Crippen LogP contribution is 2.36. The van der Waals surface area contributed by atoms with Gasteiger partial charge >= 0.3 is 0 Å². The van der Waals surface area contributed by atoms with Crippen LogP contribution in [0.4, 0.5) is 0 Å². The van der Waals surface area contributed by atoms with E-state index < -0.39 is 0 Å². The number of benzene rings is 3. The summed E-state index contributed by atoms with van der Waals surface area (Å²) in [6, 6.07) is 33.3. The molecule has 0 heteroatoms. The Morgan fingerprint density at radius 1 is 0.552 bits per heavy atom. The minimum atomic E-state index is 0.633. The van der Waals surface area contributed by atoms with Crippen LogP contribution in [-0.4, -0.2) is 0 Å². The monoisotopic (exact) mass is 384 g/mol. The van der Waals surface area contributed by atoms with Crippen LogP contribution in [0.15, 0.2) is 91.0 Å². The Hall–Kier alpha value is -2.34. The summed E-state index contributed by atoms with van der Waals surface area (Å²) >= 11 is 0. The Bertz CT molecular complexity index is 791. The van der Waals surface area contributed by atoms with Crippen molar-refractivity contribution in [2.75, 3.05) is 0 Å². The predicted molar refractivity (Wildman–Crippen MR) is 127 cm³/mol. The molecule has 0 aliphatic carbocycles. The smallest absolute Gasteiger partial charge is 0.0156 e. The third kappa shape index (κ3) is 6.60. The summed E-state index contributed by atoms with van der Waals surface area (Å²) in [5, 5.41) is 0. The molecule has 0 spiro atoms. The lowest BCUT2D eigenvalue weighted by molar-refractivity contribution is 0.456. The third-order valence-electron chi connectivity index (χ3n) is 6.31. The standard InChI is InChI=1S/C29H36/c1-3-14-28(26-18-9-5-10-19-26)23-29(27-20-11-6-12-21-27)22-13-15-24(2)25-16-7-4-8-17-25/h4-12,16-21,24,28-29H,3,13-15,22-23H2,1-2H3. The van der Waals surface area contributed by atoms with Gasteiger partial charge in [0.05, 0.1) is 0 Å². The average molecular weight is 385 g/mol.